The van der Waals surface area contributed by atoms with E-state index in [4.69, 9.17) is 0 Å². The molecule has 2 aliphatic rings. The summed E-state index contributed by atoms with van der Waals surface area (Å²) >= 11 is 1.12. The van der Waals surface area contributed by atoms with Crippen LogP contribution >= 0.6 is 12.1 Å². The van der Waals surface area contributed by atoms with E-state index in [2.05, 4.69) is 14.2 Å². The van der Waals surface area contributed by atoms with Crippen molar-refractivity contribution in [1.29, 1.82) is 0 Å². The summed E-state index contributed by atoms with van der Waals surface area (Å²) in [6, 6.07) is 2.09. The van der Waals surface area contributed by atoms with Gasteiger partial charge in [-0.05, 0) is 30.4 Å². The summed E-state index contributed by atoms with van der Waals surface area (Å²) < 4.78 is 75.4. The number of rotatable bonds is 4. The molecule has 2 aliphatic heterocycles. The molecule has 1 aromatic rings. The van der Waals surface area contributed by atoms with Crippen molar-refractivity contribution in [3.63, 3.8) is 0 Å². The topological polar surface area (TPSA) is 87.7 Å². The number of hydrogen-bond donors (Lipinski definition) is 2. The van der Waals surface area contributed by atoms with Crippen LogP contribution < -0.4 is 9.44 Å². The van der Waals surface area contributed by atoms with Crippen LogP contribution in [0.2, 0.25) is 0 Å². The maximum Gasteiger partial charge on any atom is 0.416 e. The molecule has 2 heterocycles. The number of carbonyl (C=O) groups excluding carboxylic acids is 1. The molecule has 27 heavy (non-hydrogen) atoms. The second-order valence-electron chi connectivity index (χ2n) is 5.29. The van der Waals surface area contributed by atoms with Crippen molar-refractivity contribution >= 4 is 33.8 Å². The van der Waals surface area contributed by atoms with Gasteiger partial charge in [0.25, 0.3) is 10.0 Å². The van der Waals surface area contributed by atoms with Crippen molar-refractivity contribution < 1.29 is 31.1 Å². The van der Waals surface area contributed by atoms with Crippen LogP contribution in [0.4, 0.5) is 18.9 Å². The second-order valence-corrected chi connectivity index (χ2v) is 7.75. The average molecular weight is 419 g/mol. The minimum atomic E-state index is -4.72. The molecular weight excluding hydrogens is 407 g/mol. The van der Waals surface area contributed by atoms with Gasteiger partial charge in [-0.3, -0.25) is 9.03 Å². The van der Waals surface area contributed by atoms with E-state index in [-0.39, 0.29) is 10.5 Å². The Hall–Kier alpha value is -2.60. The van der Waals surface area contributed by atoms with E-state index in [1.807, 2.05) is 0 Å². The Bertz CT molecular complexity index is 985. The summed E-state index contributed by atoms with van der Waals surface area (Å²) in [5.74, 6) is -0.974. The first-order chi connectivity index (χ1) is 12.6. The Morgan fingerprint density at radius 2 is 2.07 bits per heavy atom. The zero-order chi connectivity index (χ0) is 19.8. The van der Waals surface area contributed by atoms with E-state index in [9.17, 15) is 26.4 Å². The third-order valence-corrected chi connectivity index (χ3v) is 5.74. The van der Waals surface area contributed by atoms with Gasteiger partial charge in [-0.15, -0.1) is 0 Å². The number of hydrogen-bond acceptors (Lipinski definition) is 7. The highest BCUT2D eigenvalue weighted by atomic mass is 32.2. The highest BCUT2D eigenvalue weighted by Crippen LogP contribution is 2.36. The van der Waals surface area contributed by atoms with Gasteiger partial charge in [0.1, 0.15) is 4.91 Å². The summed E-state index contributed by atoms with van der Waals surface area (Å²) in [4.78, 5) is 11.7. The molecule has 0 bridgehead atoms. The molecule has 0 amide bonds. The van der Waals surface area contributed by atoms with E-state index in [0.29, 0.717) is 17.8 Å². The summed E-state index contributed by atoms with van der Waals surface area (Å²) in [5, 5.41) is 0. The Morgan fingerprint density at radius 1 is 1.33 bits per heavy atom. The van der Waals surface area contributed by atoms with E-state index in [0.717, 1.165) is 25.3 Å². The van der Waals surface area contributed by atoms with E-state index >= 15 is 0 Å². The lowest BCUT2D eigenvalue weighted by molar-refractivity contribution is -0.137. The number of esters is 1. The number of carbonyl (C=O) groups is 1. The minimum Gasteiger partial charge on any atom is -0.465 e. The van der Waals surface area contributed by atoms with E-state index in [1.54, 1.807) is 6.20 Å². The fraction of sp³-hybridized carbons (Fsp3) is 0.133. The van der Waals surface area contributed by atoms with Crippen molar-refractivity contribution in [2.75, 3.05) is 11.8 Å². The van der Waals surface area contributed by atoms with Gasteiger partial charge in [-0.25, -0.2) is 13.2 Å². The molecule has 0 unspecified atom stereocenters. The van der Waals surface area contributed by atoms with Crippen molar-refractivity contribution in [2.45, 2.75) is 6.18 Å². The number of sulfonamides is 1. The molecule has 0 saturated heterocycles. The van der Waals surface area contributed by atoms with Crippen molar-refractivity contribution in [3.05, 3.63) is 64.5 Å². The quantitative estimate of drug-likeness (QED) is 0.573. The first-order valence-corrected chi connectivity index (χ1v) is 9.52. The standard InChI is InChI=1S/C15H12F3N3O4S2/c1-25-14(22)10-5-4-9(15(16,17)18)7-11(10)20-27(23,24)13-3-2-6-21-12(13)8-19-26-21/h2-8,19-20H,1H3. The summed E-state index contributed by atoms with van der Waals surface area (Å²) in [7, 11) is -3.26. The van der Waals surface area contributed by atoms with Crippen molar-refractivity contribution in [2.24, 2.45) is 0 Å². The maximum atomic E-state index is 13.0. The Morgan fingerprint density at radius 3 is 2.74 bits per heavy atom. The fourth-order valence-corrected chi connectivity index (χ4v) is 4.33. The Labute approximate surface area is 156 Å². The first kappa shape index (κ1) is 19.2. The summed E-state index contributed by atoms with van der Waals surface area (Å²) in [6.45, 7) is 0. The van der Waals surface area contributed by atoms with Gasteiger partial charge < -0.3 is 9.46 Å². The molecule has 12 heteroatoms. The molecule has 0 fully saturated rings. The number of benzene rings is 1. The van der Waals surface area contributed by atoms with Crippen LogP contribution in [-0.4, -0.2) is 25.8 Å². The van der Waals surface area contributed by atoms with E-state index < -0.39 is 33.4 Å². The predicted molar refractivity (Wildman–Crippen MR) is 93.2 cm³/mol. The van der Waals surface area contributed by atoms with Gasteiger partial charge in [-0.2, -0.15) is 13.2 Å². The SMILES string of the molecule is COC(=O)c1ccc(C(F)(F)F)cc1NS(=O)(=O)C1=CC=CN2SNC=C12. The summed E-state index contributed by atoms with van der Waals surface area (Å²) in [5.41, 5.74) is -1.69. The highest BCUT2D eigenvalue weighted by molar-refractivity contribution is 7.97. The largest absolute Gasteiger partial charge is 0.465 e. The number of ether oxygens (including phenoxy) is 1. The second kappa shape index (κ2) is 6.85. The zero-order valence-electron chi connectivity index (χ0n) is 13.6. The van der Waals surface area contributed by atoms with Gasteiger partial charge in [0.05, 0.1) is 41.8 Å². The number of anilines is 1. The molecule has 0 aliphatic carbocycles. The van der Waals surface area contributed by atoms with Crippen LogP contribution in [0.25, 0.3) is 0 Å². The number of allylic oxidation sites excluding steroid dienone is 2. The van der Waals surface area contributed by atoms with Crippen LogP contribution in [0.15, 0.2) is 53.4 Å². The fourth-order valence-electron chi connectivity index (χ4n) is 2.36. The van der Waals surface area contributed by atoms with Crippen molar-refractivity contribution in [1.82, 2.24) is 9.03 Å². The van der Waals surface area contributed by atoms with Crippen LogP contribution in [0.1, 0.15) is 15.9 Å². The lowest BCUT2D eigenvalue weighted by atomic mass is 10.1. The van der Waals surface area contributed by atoms with Gasteiger partial charge in [0, 0.05) is 12.4 Å². The van der Waals surface area contributed by atoms with Gasteiger partial charge >= 0.3 is 12.1 Å². The highest BCUT2D eigenvalue weighted by Gasteiger charge is 2.34. The zero-order valence-corrected chi connectivity index (χ0v) is 15.2. The van der Waals surface area contributed by atoms with Crippen LogP contribution in [-0.2, 0) is 20.9 Å². The molecule has 144 valence electrons. The molecule has 0 aromatic heterocycles. The van der Waals surface area contributed by atoms with Gasteiger partial charge in [0.15, 0.2) is 0 Å². The number of nitrogens with zero attached hydrogens (tertiary/aromatic N) is 1. The molecule has 0 radical (unpaired) electrons. The van der Waals surface area contributed by atoms with Gasteiger partial charge in [0.2, 0.25) is 0 Å². The molecule has 0 spiro atoms. The third-order valence-electron chi connectivity index (χ3n) is 3.59. The third kappa shape index (κ3) is 3.76. The monoisotopic (exact) mass is 419 g/mol. The number of nitrogens with one attached hydrogen (secondary N) is 2. The number of methoxy groups -OCH3 is 1. The van der Waals surface area contributed by atoms with Crippen LogP contribution in [0.3, 0.4) is 0 Å². The van der Waals surface area contributed by atoms with Crippen molar-refractivity contribution in [3.8, 4) is 0 Å². The number of alkyl halides is 3. The molecular formula is C15H12F3N3O4S2. The molecule has 2 N–H and O–H groups in total. The number of fused-ring (bicyclic) bond motifs is 1. The Kier molecular flexibility index (Phi) is 4.86. The van der Waals surface area contributed by atoms with Gasteiger partial charge in [-0.1, -0.05) is 0 Å². The first-order valence-electron chi connectivity index (χ1n) is 7.26. The predicted octanol–water partition coefficient (Wildman–Crippen LogP) is 2.95. The molecule has 3 rings (SSSR count). The van der Waals surface area contributed by atoms with Crippen LogP contribution in [0, 0.1) is 0 Å². The minimum absolute atomic E-state index is 0.171. The lowest BCUT2D eigenvalue weighted by Crippen LogP contribution is -2.23. The molecule has 0 atom stereocenters. The smallest absolute Gasteiger partial charge is 0.416 e. The molecule has 7 nitrogen and oxygen atoms in total. The average Bonchev–Trinajstić information content (AvgIpc) is 3.08. The summed E-state index contributed by atoms with van der Waals surface area (Å²) in [6.07, 6.45) is 1.10. The molecule has 1 aromatic carbocycles. The van der Waals surface area contributed by atoms with Crippen LogP contribution in [0.5, 0.6) is 0 Å². The normalized spacial score (nSPS) is 16.2. The maximum absolute atomic E-state index is 13.0. The van der Waals surface area contributed by atoms with E-state index in [1.165, 1.54) is 22.7 Å². The Balaban J connectivity index is 2.04. The molecule has 0 saturated carbocycles. The lowest BCUT2D eigenvalue weighted by Gasteiger charge is -2.21. The number of halogens is 3.